The van der Waals surface area contributed by atoms with E-state index in [9.17, 15) is 0 Å². The van der Waals surface area contributed by atoms with Gasteiger partial charge in [0.05, 0.1) is 6.61 Å². The minimum Gasteiger partial charge on any atom is -0.494 e. The van der Waals surface area contributed by atoms with Crippen LogP contribution in [0.25, 0.3) is 0 Å². The van der Waals surface area contributed by atoms with E-state index in [0.717, 1.165) is 41.6 Å². The van der Waals surface area contributed by atoms with Crippen molar-refractivity contribution in [3.63, 3.8) is 0 Å². The Hall–Kier alpha value is -1.67. The number of benzene rings is 2. The van der Waals surface area contributed by atoms with Gasteiger partial charge in [-0.25, -0.2) is 0 Å². The molecule has 0 fully saturated rings. The lowest BCUT2D eigenvalue weighted by molar-refractivity contribution is 0.305. The SMILES string of the molecule is CCCCCCOc1ccc(NCc2ccccc2Cl)cc1. The van der Waals surface area contributed by atoms with E-state index in [2.05, 4.69) is 12.2 Å². The van der Waals surface area contributed by atoms with Crippen LogP contribution < -0.4 is 10.1 Å². The summed E-state index contributed by atoms with van der Waals surface area (Å²) in [5.41, 5.74) is 2.17. The number of halogens is 1. The lowest BCUT2D eigenvalue weighted by Gasteiger charge is -2.10. The molecule has 0 aliphatic carbocycles. The molecule has 118 valence electrons. The van der Waals surface area contributed by atoms with Crippen molar-refractivity contribution >= 4 is 17.3 Å². The quantitative estimate of drug-likeness (QED) is 0.580. The van der Waals surface area contributed by atoms with E-state index in [-0.39, 0.29) is 0 Å². The molecule has 22 heavy (non-hydrogen) atoms. The molecule has 0 saturated carbocycles. The summed E-state index contributed by atoms with van der Waals surface area (Å²) in [7, 11) is 0. The van der Waals surface area contributed by atoms with Gasteiger partial charge in [-0.05, 0) is 42.3 Å². The van der Waals surface area contributed by atoms with Crippen molar-refractivity contribution in [3.05, 3.63) is 59.1 Å². The first kappa shape index (κ1) is 16.7. The lowest BCUT2D eigenvalue weighted by Crippen LogP contribution is -2.00. The average molecular weight is 318 g/mol. The molecule has 0 atom stereocenters. The van der Waals surface area contributed by atoms with Crippen molar-refractivity contribution in [2.45, 2.75) is 39.2 Å². The van der Waals surface area contributed by atoms with Gasteiger partial charge in [-0.1, -0.05) is 56.0 Å². The van der Waals surface area contributed by atoms with Crippen LogP contribution in [0.4, 0.5) is 5.69 Å². The van der Waals surface area contributed by atoms with Crippen molar-refractivity contribution in [2.75, 3.05) is 11.9 Å². The predicted octanol–water partition coefficient (Wildman–Crippen LogP) is 5.91. The highest BCUT2D eigenvalue weighted by Gasteiger charge is 1.99. The molecular formula is C19H24ClNO. The van der Waals surface area contributed by atoms with Gasteiger partial charge in [-0.3, -0.25) is 0 Å². The summed E-state index contributed by atoms with van der Waals surface area (Å²) >= 11 is 6.15. The summed E-state index contributed by atoms with van der Waals surface area (Å²) in [4.78, 5) is 0. The van der Waals surface area contributed by atoms with Crippen LogP contribution in [-0.4, -0.2) is 6.61 Å². The van der Waals surface area contributed by atoms with Crippen molar-refractivity contribution in [1.82, 2.24) is 0 Å². The molecule has 3 heteroatoms. The van der Waals surface area contributed by atoms with Crippen LogP contribution in [0.5, 0.6) is 5.75 Å². The van der Waals surface area contributed by atoms with E-state index in [1.165, 1.54) is 19.3 Å². The average Bonchev–Trinajstić information content (AvgIpc) is 2.55. The summed E-state index contributed by atoms with van der Waals surface area (Å²) < 4.78 is 5.74. The van der Waals surface area contributed by atoms with Gasteiger partial charge < -0.3 is 10.1 Å². The molecule has 0 spiro atoms. The van der Waals surface area contributed by atoms with Crippen LogP contribution >= 0.6 is 11.6 Å². The topological polar surface area (TPSA) is 21.3 Å². The highest BCUT2D eigenvalue weighted by molar-refractivity contribution is 6.31. The van der Waals surface area contributed by atoms with Crippen molar-refractivity contribution < 1.29 is 4.74 Å². The van der Waals surface area contributed by atoms with E-state index in [1.54, 1.807) is 0 Å². The van der Waals surface area contributed by atoms with Gasteiger partial charge >= 0.3 is 0 Å². The molecular weight excluding hydrogens is 294 g/mol. The van der Waals surface area contributed by atoms with E-state index < -0.39 is 0 Å². The van der Waals surface area contributed by atoms with Crippen molar-refractivity contribution in [1.29, 1.82) is 0 Å². The molecule has 2 aromatic rings. The lowest BCUT2D eigenvalue weighted by atomic mass is 10.2. The Kier molecular flexibility index (Phi) is 7.11. The second-order valence-electron chi connectivity index (χ2n) is 5.38. The zero-order valence-corrected chi connectivity index (χ0v) is 13.9. The van der Waals surface area contributed by atoms with Gasteiger partial charge in [0, 0.05) is 17.3 Å². The normalized spacial score (nSPS) is 10.5. The minimum absolute atomic E-state index is 0.719. The van der Waals surface area contributed by atoms with Crippen molar-refractivity contribution in [2.24, 2.45) is 0 Å². The summed E-state index contributed by atoms with van der Waals surface area (Å²) in [5, 5.41) is 4.17. The van der Waals surface area contributed by atoms with Gasteiger partial charge in [0.25, 0.3) is 0 Å². The summed E-state index contributed by atoms with van der Waals surface area (Å²) in [5.74, 6) is 0.930. The Bertz CT molecular complexity index is 554. The van der Waals surface area contributed by atoms with Crippen LogP contribution in [0.1, 0.15) is 38.2 Å². The van der Waals surface area contributed by atoms with Crippen LogP contribution in [0.2, 0.25) is 5.02 Å². The fourth-order valence-electron chi connectivity index (χ4n) is 2.23. The zero-order valence-electron chi connectivity index (χ0n) is 13.1. The standard InChI is InChI=1S/C19H24ClNO/c1-2-3-4-7-14-22-18-12-10-17(11-13-18)21-15-16-8-5-6-9-19(16)20/h5-6,8-13,21H,2-4,7,14-15H2,1H3. The highest BCUT2D eigenvalue weighted by atomic mass is 35.5. The molecule has 2 aromatic carbocycles. The molecule has 2 rings (SSSR count). The number of anilines is 1. The molecule has 2 nitrogen and oxygen atoms in total. The van der Waals surface area contributed by atoms with Gasteiger partial charge in [0.1, 0.15) is 5.75 Å². The van der Waals surface area contributed by atoms with Crippen LogP contribution in [0.3, 0.4) is 0 Å². The Balaban J connectivity index is 1.76. The van der Waals surface area contributed by atoms with E-state index >= 15 is 0 Å². The third-order valence-corrected chi connectivity index (χ3v) is 3.93. The van der Waals surface area contributed by atoms with Gasteiger partial charge in [0.15, 0.2) is 0 Å². The summed E-state index contributed by atoms with van der Waals surface area (Å²) in [6.07, 6.45) is 4.91. The molecule has 0 amide bonds. The Morgan fingerprint density at radius 2 is 1.73 bits per heavy atom. The molecule has 0 aliphatic heterocycles. The Morgan fingerprint density at radius 1 is 0.955 bits per heavy atom. The first-order valence-electron chi connectivity index (χ1n) is 7.99. The van der Waals surface area contributed by atoms with Gasteiger partial charge in [-0.15, -0.1) is 0 Å². The monoisotopic (exact) mass is 317 g/mol. The maximum Gasteiger partial charge on any atom is 0.119 e. The van der Waals surface area contributed by atoms with Crippen LogP contribution in [0, 0.1) is 0 Å². The Labute approximate surface area is 138 Å². The zero-order chi connectivity index (χ0) is 15.6. The number of hydrogen-bond donors (Lipinski definition) is 1. The Morgan fingerprint density at radius 3 is 2.45 bits per heavy atom. The number of nitrogens with one attached hydrogen (secondary N) is 1. The summed E-state index contributed by atoms with van der Waals surface area (Å²) in [6, 6.07) is 16.0. The van der Waals surface area contributed by atoms with E-state index in [0.29, 0.717) is 0 Å². The number of hydrogen-bond acceptors (Lipinski definition) is 2. The number of ether oxygens (including phenoxy) is 1. The predicted molar refractivity (Wildman–Crippen MR) is 94.9 cm³/mol. The minimum atomic E-state index is 0.719. The second kappa shape index (κ2) is 9.37. The third-order valence-electron chi connectivity index (χ3n) is 3.56. The molecule has 0 aromatic heterocycles. The molecule has 0 aliphatic rings. The maximum absolute atomic E-state index is 6.15. The third kappa shape index (κ3) is 5.61. The molecule has 0 bridgehead atoms. The second-order valence-corrected chi connectivity index (χ2v) is 5.79. The van der Waals surface area contributed by atoms with Gasteiger partial charge in [0.2, 0.25) is 0 Å². The van der Waals surface area contributed by atoms with E-state index in [1.807, 2.05) is 48.5 Å². The molecule has 1 N–H and O–H groups in total. The largest absolute Gasteiger partial charge is 0.494 e. The molecule has 0 unspecified atom stereocenters. The smallest absolute Gasteiger partial charge is 0.119 e. The van der Waals surface area contributed by atoms with Gasteiger partial charge in [-0.2, -0.15) is 0 Å². The molecule has 0 saturated heterocycles. The number of rotatable bonds is 9. The highest BCUT2D eigenvalue weighted by Crippen LogP contribution is 2.19. The maximum atomic E-state index is 6.15. The molecule has 0 radical (unpaired) electrons. The van der Waals surface area contributed by atoms with Crippen LogP contribution in [0.15, 0.2) is 48.5 Å². The van der Waals surface area contributed by atoms with Crippen LogP contribution in [-0.2, 0) is 6.54 Å². The van der Waals surface area contributed by atoms with Crippen molar-refractivity contribution in [3.8, 4) is 5.75 Å². The molecule has 0 heterocycles. The number of unbranched alkanes of at least 4 members (excludes halogenated alkanes) is 3. The first-order chi connectivity index (χ1) is 10.8. The van der Waals surface area contributed by atoms with E-state index in [4.69, 9.17) is 16.3 Å². The summed E-state index contributed by atoms with van der Waals surface area (Å²) in [6.45, 7) is 3.73. The fourth-order valence-corrected chi connectivity index (χ4v) is 2.43. The fraction of sp³-hybridized carbons (Fsp3) is 0.368. The first-order valence-corrected chi connectivity index (χ1v) is 8.37.